The molecule has 1 fully saturated rings. The van der Waals surface area contributed by atoms with E-state index < -0.39 is 12.0 Å². The number of benzene rings is 1. The summed E-state index contributed by atoms with van der Waals surface area (Å²) in [4.78, 5) is 20.4. The van der Waals surface area contributed by atoms with Crippen LogP contribution in [0.2, 0.25) is 0 Å². The quantitative estimate of drug-likeness (QED) is 0.378. The molecule has 0 saturated carbocycles. The van der Waals surface area contributed by atoms with Crippen molar-refractivity contribution >= 4 is 17.7 Å². The van der Waals surface area contributed by atoms with E-state index in [1.165, 1.54) is 12.3 Å². The minimum atomic E-state index is -2.67. The highest BCUT2D eigenvalue weighted by Gasteiger charge is 2.23. The summed E-state index contributed by atoms with van der Waals surface area (Å²) in [6, 6.07) is 6.78. The molecule has 37 heavy (non-hydrogen) atoms. The molecule has 0 bridgehead atoms. The van der Waals surface area contributed by atoms with Gasteiger partial charge >= 0.3 is 6.03 Å². The summed E-state index contributed by atoms with van der Waals surface area (Å²) in [6.45, 7) is 8.45. The first kappa shape index (κ1) is 26.5. The summed E-state index contributed by atoms with van der Waals surface area (Å²) in [6.07, 6.45) is 4.23. The van der Waals surface area contributed by atoms with Gasteiger partial charge in [0.1, 0.15) is 5.69 Å². The van der Waals surface area contributed by atoms with Gasteiger partial charge in [-0.15, -0.1) is 0 Å². The van der Waals surface area contributed by atoms with Crippen LogP contribution < -0.4 is 16.0 Å². The molecular formula is C26H33F2N7O2. The van der Waals surface area contributed by atoms with Gasteiger partial charge in [-0.05, 0) is 68.9 Å². The van der Waals surface area contributed by atoms with E-state index in [4.69, 9.17) is 4.74 Å². The Morgan fingerprint density at radius 2 is 2.00 bits per heavy atom. The van der Waals surface area contributed by atoms with Gasteiger partial charge in [-0.3, -0.25) is 4.68 Å². The molecule has 9 nitrogen and oxygen atoms in total. The first-order chi connectivity index (χ1) is 17.7. The lowest BCUT2D eigenvalue weighted by Gasteiger charge is -2.27. The zero-order valence-electron chi connectivity index (χ0n) is 21.3. The molecule has 0 radical (unpaired) electrons. The number of rotatable bonds is 9. The molecule has 3 N–H and O–H groups in total. The molecule has 0 aliphatic carbocycles. The smallest absolute Gasteiger partial charge is 0.315 e. The number of amides is 2. The number of anilines is 2. The molecule has 11 heteroatoms. The predicted molar refractivity (Wildman–Crippen MR) is 137 cm³/mol. The molecule has 2 amide bonds. The third-order valence-corrected chi connectivity index (χ3v) is 6.10. The number of aromatic nitrogens is 4. The molecule has 3 aromatic rings. The Bertz CT molecular complexity index is 1210. The number of hydrogen-bond donors (Lipinski definition) is 3. The second kappa shape index (κ2) is 11.6. The molecule has 2 aromatic heterocycles. The summed E-state index contributed by atoms with van der Waals surface area (Å²) >= 11 is 0. The number of nitrogens with one attached hydrogen (secondary N) is 3. The van der Waals surface area contributed by atoms with Gasteiger partial charge in [-0.2, -0.15) is 5.10 Å². The van der Waals surface area contributed by atoms with Crippen LogP contribution in [0.25, 0.3) is 11.1 Å². The number of halogens is 2. The van der Waals surface area contributed by atoms with Gasteiger partial charge in [-0.25, -0.2) is 23.5 Å². The summed E-state index contributed by atoms with van der Waals surface area (Å²) in [7, 11) is 0. The summed E-state index contributed by atoms with van der Waals surface area (Å²) in [5, 5.41) is 13.5. The Morgan fingerprint density at radius 1 is 1.22 bits per heavy atom. The lowest BCUT2D eigenvalue weighted by molar-refractivity contribution is 0.0668. The van der Waals surface area contributed by atoms with Crippen LogP contribution >= 0.6 is 0 Å². The van der Waals surface area contributed by atoms with E-state index in [9.17, 15) is 13.6 Å². The number of urea groups is 1. The van der Waals surface area contributed by atoms with Crippen molar-refractivity contribution in [2.75, 3.05) is 25.1 Å². The van der Waals surface area contributed by atoms with Crippen molar-refractivity contribution in [1.29, 1.82) is 0 Å². The Kier molecular flexibility index (Phi) is 8.32. The van der Waals surface area contributed by atoms with Crippen LogP contribution in [0.1, 0.15) is 44.4 Å². The van der Waals surface area contributed by atoms with Gasteiger partial charge in [0.2, 0.25) is 5.95 Å². The van der Waals surface area contributed by atoms with Crippen molar-refractivity contribution in [3.63, 3.8) is 0 Å². The summed E-state index contributed by atoms with van der Waals surface area (Å²) < 4.78 is 33.1. The predicted octanol–water partition coefficient (Wildman–Crippen LogP) is 4.83. The topological polar surface area (TPSA) is 106 Å². The number of ether oxygens (including phenoxy) is 1. The van der Waals surface area contributed by atoms with E-state index in [1.807, 2.05) is 45.2 Å². The summed E-state index contributed by atoms with van der Waals surface area (Å²) in [5.41, 5.74) is 2.57. The highest BCUT2D eigenvalue weighted by atomic mass is 19.3. The van der Waals surface area contributed by atoms with Crippen LogP contribution in [0.4, 0.5) is 25.2 Å². The number of carbonyl (C=O) groups is 1. The average Bonchev–Trinajstić information content (AvgIpc) is 3.30. The van der Waals surface area contributed by atoms with Crippen molar-refractivity contribution in [2.24, 2.45) is 5.92 Å². The van der Waals surface area contributed by atoms with Gasteiger partial charge in [0.15, 0.2) is 0 Å². The van der Waals surface area contributed by atoms with E-state index >= 15 is 0 Å². The number of hydrogen-bond acceptors (Lipinski definition) is 6. The van der Waals surface area contributed by atoms with E-state index in [0.29, 0.717) is 24.7 Å². The van der Waals surface area contributed by atoms with Crippen LogP contribution in [-0.4, -0.2) is 51.1 Å². The molecular weight excluding hydrogens is 480 g/mol. The van der Waals surface area contributed by atoms with Gasteiger partial charge in [0.05, 0.1) is 18.3 Å². The minimum absolute atomic E-state index is 0.105. The van der Waals surface area contributed by atoms with Crippen molar-refractivity contribution < 1.29 is 18.3 Å². The molecule has 1 aromatic carbocycles. The van der Waals surface area contributed by atoms with Crippen molar-refractivity contribution in [2.45, 2.75) is 52.1 Å². The van der Waals surface area contributed by atoms with Crippen LogP contribution in [0.5, 0.6) is 0 Å². The SMILES string of the molecule is Cc1cc(Nc2nccc(C(F)F)n2)cc(-c2cnn(CC(C)(C)NC(=O)NCC3CCOCC3)c2)c1. The maximum atomic E-state index is 13.0. The Labute approximate surface area is 215 Å². The number of carbonyl (C=O) groups excluding carboxylic acids is 1. The van der Waals surface area contributed by atoms with Crippen molar-refractivity contribution in [3.8, 4) is 11.1 Å². The highest BCUT2D eigenvalue weighted by Crippen LogP contribution is 2.27. The Hall–Kier alpha value is -3.60. The molecule has 1 aliphatic rings. The van der Waals surface area contributed by atoms with Crippen LogP contribution in [0.15, 0.2) is 42.9 Å². The minimum Gasteiger partial charge on any atom is -0.381 e. The number of nitrogens with zero attached hydrogens (tertiary/aromatic N) is 4. The fraction of sp³-hybridized carbons (Fsp3) is 0.462. The normalized spacial score (nSPS) is 14.5. The molecule has 198 valence electrons. The van der Waals surface area contributed by atoms with Crippen LogP contribution in [-0.2, 0) is 11.3 Å². The lowest BCUT2D eigenvalue weighted by Crippen LogP contribution is -2.51. The zero-order chi connectivity index (χ0) is 26.4. The van der Waals surface area contributed by atoms with Gasteiger partial charge in [0.25, 0.3) is 6.43 Å². The first-order valence-electron chi connectivity index (χ1n) is 12.3. The molecule has 3 heterocycles. The second-order valence-electron chi connectivity index (χ2n) is 10.0. The third-order valence-electron chi connectivity index (χ3n) is 6.10. The summed E-state index contributed by atoms with van der Waals surface area (Å²) in [5.74, 6) is 0.553. The van der Waals surface area contributed by atoms with Gasteiger partial charge < -0.3 is 20.7 Å². The fourth-order valence-electron chi connectivity index (χ4n) is 4.29. The molecule has 0 atom stereocenters. The van der Waals surface area contributed by atoms with Gasteiger partial charge in [-0.1, -0.05) is 6.07 Å². The second-order valence-corrected chi connectivity index (χ2v) is 10.0. The van der Waals surface area contributed by atoms with Gasteiger partial charge in [0, 0.05) is 43.4 Å². The molecule has 4 rings (SSSR count). The Balaban J connectivity index is 1.38. The molecule has 0 spiro atoms. The maximum Gasteiger partial charge on any atom is 0.315 e. The van der Waals surface area contributed by atoms with Crippen LogP contribution in [0.3, 0.4) is 0 Å². The monoisotopic (exact) mass is 513 g/mol. The van der Waals surface area contributed by atoms with E-state index in [1.54, 1.807) is 10.9 Å². The molecule has 1 aliphatic heterocycles. The van der Waals surface area contributed by atoms with Crippen LogP contribution in [0, 0.1) is 12.8 Å². The first-order valence-corrected chi connectivity index (χ1v) is 12.3. The van der Waals surface area contributed by atoms with E-state index in [0.717, 1.165) is 42.7 Å². The van der Waals surface area contributed by atoms with E-state index in [2.05, 4.69) is 31.0 Å². The standard InChI is InChI=1S/C26H33F2N7O2/c1-17-10-19(12-21(11-17)32-24-29-7-4-22(33-24)23(27)28)20-14-31-35(15-20)16-26(2,3)34-25(36)30-13-18-5-8-37-9-6-18/h4,7,10-12,14-15,18,23H,5-6,8-9,13,16H2,1-3H3,(H,29,32,33)(H2,30,34,36). The number of alkyl halides is 2. The Morgan fingerprint density at radius 3 is 2.76 bits per heavy atom. The average molecular weight is 514 g/mol. The molecule has 1 saturated heterocycles. The largest absolute Gasteiger partial charge is 0.381 e. The zero-order valence-corrected chi connectivity index (χ0v) is 21.3. The fourth-order valence-corrected chi connectivity index (χ4v) is 4.29. The van der Waals surface area contributed by atoms with Crippen molar-refractivity contribution in [3.05, 3.63) is 54.1 Å². The van der Waals surface area contributed by atoms with E-state index in [-0.39, 0.29) is 17.7 Å². The molecule has 0 unspecified atom stereocenters. The third kappa shape index (κ3) is 7.69. The van der Waals surface area contributed by atoms with Crippen molar-refractivity contribution in [1.82, 2.24) is 30.4 Å². The number of aryl methyl sites for hydroxylation is 1. The maximum absolute atomic E-state index is 13.0. The highest BCUT2D eigenvalue weighted by molar-refractivity contribution is 5.74. The lowest BCUT2D eigenvalue weighted by atomic mass is 10.0.